The Kier molecular flexibility index (Phi) is 6.93. The molecule has 2 nitrogen and oxygen atoms in total. The largest absolute Gasteiger partial charge is 0.494 e. The molecule has 0 saturated carbocycles. The molecule has 0 saturated heterocycles. The molecule has 3 heteroatoms. The van der Waals surface area contributed by atoms with E-state index >= 15 is 0 Å². The number of Topliss-reactive ketones (excluding diaryl/α,β-unsaturated/α-hetero) is 1. The molecule has 0 bridgehead atoms. The Bertz CT molecular complexity index is 415. The fourth-order valence-electron chi connectivity index (χ4n) is 2.22. The van der Waals surface area contributed by atoms with Gasteiger partial charge >= 0.3 is 0 Å². The molecule has 0 aromatic heterocycles. The first-order valence-corrected chi connectivity index (χ1v) is 7.44. The lowest BCUT2D eigenvalue weighted by atomic mass is 9.90. The van der Waals surface area contributed by atoms with Crippen LogP contribution in [0.4, 0.5) is 0 Å². The molecule has 1 rings (SSSR count). The van der Waals surface area contributed by atoms with Crippen LogP contribution < -0.4 is 4.74 Å². The molecule has 0 amide bonds. The quantitative estimate of drug-likeness (QED) is 0.671. The summed E-state index contributed by atoms with van der Waals surface area (Å²) in [5.74, 6) is 1.54. The minimum absolute atomic E-state index is 0.318. The minimum atomic E-state index is 0.318. The lowest BCUT2D eigenvalue weighted by Crippen LogP contribution is -2.05. The van der Waals surface area contributed by atoms with Gasteiger partial charge in [0.2, 0.25) is 0 Å². The van der Waals surface area contributed by atoms with Gasteiger partial charge in [0.25, 0.3) is 0 Å². The molecule has 1 unspecified atom stereocenters. The van der Waals surface area contributed by atoms with Gasteiger partial charge in [-0.05, 0) is 49.4 Å². The predicted octanol–water partition coefficient (Wildman–Crippen LogP) is 4.99. The molecule has 0 aliphatic heterocycles. The molecular formula is C16H23ClO2. The average Bonchev–Trinajstić information content (AvgIpc) is 2.42. The minimum Gasteiger partial charge on any atom is -0.494 e. The summed E-state index contributed by atoms with van der Waals surface area (Å²) < 4.78 is 5.66. The lowest BCUT2D eigenvalue weighted by Gasteiger charge is -2.19. The second kappa shape index (κ2) is 8.21. The number of ether oxygens (including phenoxy) is 1. The van der Waals surface area contributed by atoms with Gasteiger partial charge in [-0.25, -0.2) is 0 Å². The fourth-order valence-corrected chi connectivity index (χ4v) is 2.40. The van der Waals surface area contributed by atoms with Crippen LogP contribution in [0.2, 0.25) is 5.02 Å². The van der Waals surface area contributed by atoms with Gasteiger partial charge in [0.05, 0.1) is 6.61 Å². The van der Waals surface area contributed by atoms with Crippen LogP contribution in [0.5, 0.6) is 5.75 Å². The predicted molar refractivity (Wildman–Crippen MR) is 80.2 cm³/mol. The van der Waals surface area contributed by atoms with Crippen LogP contribution in [0.25, 0.3) is 0 Å². The summed E-state index contributed by atoms with van der Waals surface area (Å²) in [6, 6.07) is 5.74. The zero-order valence-electron chi connectivity index (χ0n) is 12.0. The third kappa shape index (κ3) is 4.87. The smallest absolute Gasteiger partial charge is 0.132 e. The monoisotopic (exact) mass is 282 g/mol. The first kappa shape index (κ1) is 16.0. The summed E-state index contributed by atoms with van der Waals surface area (Å²) in [4.78, 5) is 11.5. The van der Waals surface area contributed by atoms with Crippen molar-refractivity contribution in [1.82, 2.24) is 0 Å². The van der Waals surface area contributed by atoms with Crippen LogP contribution in [0.15, 0.2) is 18.2 Å². The summed E-state index contributed by atoms with van der Waals surface area (Å²) in [7, 11) is 0. The number of carbonyl (C=O) groups excluding carboxylic acids is 1. The first-order chi connectivity index (χ1) is 9.12. The van der Waals surface area contributed by atoms with Crippen molar-refractivity contribution in [2.45, 2.75) is 52.4 Å². The van der Waals surface area contributed by atoms with Crippen molar-refractivity contribution in [3.63, 3.8) is 0 Å². The van der Waals surface area contributed by atoms with Crippen molar-refractivity contribution in [1.29, 1.82) is 0 Å². The zero-order chi connectivity index (χ0) is 14.3. The van der Waals surface area contributed by atoms with Crippen LogP contribution >= 0.6 is 11.6 Å². The highest BCUT2D eigenvalue weighted by atomic mass is 35.5. The van der Waals surface area contributed by atoms with Crippen molar-refractivity contribution in [2.24, 2.45) is 0 Å². The molecule has 0 heterocycles. The molecule has 106 valence electrons. The number of hydrogen-bond acceptors (Lipinski definition) is 2. The standard InChI is InChI=1S/C16H23ClO2/c1-4-12(7-9-14(18)5-2)15-11-13(17)8-10-16(15)19-6-3/h8,10-12H,4-7,9H2,1-3H3. The van der Waals surface area contributed by atoms with E-state index in [0.717, 1.165) is 29.2 Å². The number of hydrogen-bond donors (Lipinski definition) is 0. The van der Waals surface area contributed by atoms with Gasteiger partial charge in [-0.1, -0.05) is 25.4 Å². The molecule has 0 fully saturated rings. The average molecular weight is 283 g/mol. The van der Waals surface area contributed by atoms with Gasteiger partial charge < -0.3 is 4.74 Å². The van der Waals surface area contributed by atoms with Crippen LogP contribution in [0.1, 0.15) is 57.9 Å². The molecule has 0 spiro atoms. The Morgan fingerprint density at radius 1 is 1.32 bits per heavy atom. The Morgan fingerprint density at radius 2 is 2.05 bits per heavy atom. The normalized spacial score (nSPS) is 12.2. The summed E-state index contributed by atoms with van der Waals surface area (Å²) in [5, 5.41) is 0.721. The van der Waals surface area contributed by atoms with Crippen molar-refractivity contribution < 1.29 is 9.53 Å². The SMILES string of the molecule is CCOc1ccc(Cl)cc1C(CC)CCC(=O)CC. The van der Waals surface area contributed by atoms with Crippen molar-refractivity contribution in [2.75, 3.05) is 6.61 Å². The summed E-state index contributed by atoms with van der Waals surface area (Å²) in [5.41, 5.74) is 1.13. The Morgan fingerprint density at radius 3 is 2.63 bits per heavy atom. The molecule has 0 radical (unpaired) electrons. The molecule has 1 aromatic carbocycles. The number of carbonyl (C=O) groups is 1. The number of rotatable bonds is 8. The summed E-state index contributed by atoms with van der Waals surface area (Å²) in [6.45, 7) is 6.66. The van der Waals surface area contributed by atoms with Crippen molar-refractivity contribution in [3.8, 4) is 5.75 Å². The maximum absolute atomic E-state index is 11.5. The second-order valence-electron chi connectivity index (χ2n) is 4.65. The number of benzene rings is 1. The molecule has 19 heavy (non-hydrogen) atoms. The Balaban J connectivity index is 2.89. The molecule has 0 N–H and O–H groups in total. The van der Waals surface area contributed by atoms with Crippen LogP contribution in [-0.2, 0) is 4.79 Å². The van der Waals surface area contributed by atoms with E-state index in [1.165, 1.54) is 0 Å². The van der Waals surface area contributed by atoms with Crippen LogP contribution in [-0.4, -0.2) is 12.4 Å². The zero-order valence-corrected chi connectivity index (χ0v) is 12.8. The van der Waals surface area contributed by atoms with Crippen LogP contribution in [0.3, 0.4) is 0 Å². The van der Waals surface area contributed by atoms with E-state index in [2.05, 4.69) is 6.92 Å². The topological polar surface area (TPSA) is 26.3 Å². The fraction of sp³-hybridized carbons (Fsp3) is 0.562. The van der Waals surface area contributed by atoms with E-state index in [0.29, 0.717) is 31.1 Å². The van der Waals surface area contributed by atoms with E-state index < -0.39 is 0 Å². The first-order valence-electron chi connectivity index (χ1n) is 7.06. The molecule has 1 atom stereocenters. The van der Waals surface area contributed by atoms with Crippen LogP contribution in [0, 0.1) is 0 Å². The summed E-state index contributed by atoms with van der Waals surface area (Å²) in [6.07, 6.45) is 3.10. The van der Waals surface area contributed by atoms with Crippen molar-refractivity contribution in [3.05, 3.63) is 28.8 Å². The number of halogens is 1. The van der Waals surface area contributed by atoms with Gasteiger partial charge in [-0.3, -0.25) is 4.79 Å². The van der Waals surface area contributed by atoms with Gasteiger partial charge in [-0.2, -0.15) is 0 Å². The molecule has 0 aliphatic rings. The van der Waals surface area contributed by atoms with Gasteiger partial charge in [-0.15, -0.1) is 0 Å². The third-order valence-corrected chi connectivity index (χ3v) is 3.61. The number of ketones is 1. The van der Waals surface area contributed by atoms with E-state index in [1.54, 1.807) is 0 Å². The Hall–Kier alpha value is -1.02. The van der Waals surface area contributed by atoms with E-state index in [9.17, 15) is 4.79 Å². The highest BCUT2D eigenvalue weighted by Crippen LogP contribution is 2.34. The summed E-state index contributed by atoms with van der Waals surface area (Å²) >= 11 is 6.09. The molecule has 1 aromatic rings. The van der Waals surface area contributed by atoms with Gasteiger partial charge in [0.1, 0.15) is 11.5 Å². The van der Waals surface area contributed by atoms with Gasteiger partial charge in [0.15, 0.2) is 0 Å². The van der Waals surface area contributed by atoms with E-state index in [-0.39, 0.29) is 0 Å². The maximum atomic E-state index is 11.5. The van der Waals surface area contributed by atoms with Crippen molar-refractivity contribution >= 4 is 17.4 Å². The van der Waals surface area contributed by atoms with Gasteiger partial charge in [0, 0.05) is 17.9 Å². The maximum Gasteiger partial charge on any atom is 0.132 e. The highest BCUT2D eigenvalue weighted by molar-refractivity contribution is 6.30. The highest BCUT2D eigenvalue weighted by Gasteiger charge is 2.16. The third-order valence-electron chi connectivity index (χ3n) is 3.37. The Labute approximate surface area is 121 Å². The molecular weight excluding hydrogens is 260 g/mol. The second-order valence-corrected chi connectivity index (χ2v) is 5.09. The lowest BCUT2D eigenvalue weighted by molar-refractivity contribution is -0.118. The molecule has 0 aliphatic carbocycles. The van der Waals surface area contributed by atoms with E-state index in [4.69, 9.17) is 16.3 Å². The van der Waals surface area contributed by atoms with E-state index in [1.807, 2.05) is 32.0 Å².